The van der Waals surface area contributed by atoms with Gasteiger partial charge in [-0.05, 0) is 41.3 Å². The van der Waals surface area contributed by atoms with Gasteiger partial charge in [0, 0.05) is 18.9 Å². The minimum atomic E-state index is 0.595. The zero-order valence-corrected chi connectivity index (χ0v) is 8.77. The van der Waals surface area contributed by atoms with Gasteiger partial charge in [0.2, 0.25) is 0 Å². The van der Waals surface area contributed by atoms with Gasteiger partial charge in [0.1, 0.15) is 0 Å². The molecule has 0 bridgehead atoms. The molecule has 0 aliphatic heterocycles. The largest absolute Gasteiger partial charge is 0.326 e. The number of hydrogen-bond donors (Lipinski definition) is 1. The van der Waals surface area contributed by atoms with Gasteiger partial charge in [-0.25, -0.2) is 0 Å². The van der Waals surface area contributed by atoms with Crippen LogP contribution in [0, 0.1) is 6.92 Å². The van der Waals surface area contributed by atoms with E-state index >= 15 is 0 Å². The Labute approximate surface area is 89.8 Å². The number of hydrogen-bond acceptors (Lipinski definition) is 2. The second-order valence-corrected chi connectivity index (χ2v) is 3.59. The summed E-state index contributed by atoms with van der Waals surface area (Å²) in [7, 11) is 0. The number of aryl methyl sites for hydroxylation is 1. The third-order valence-electron chi connectivity index (χ3n) is 2.52. The van der Waals surface area contributed by atoms with Crippen molar-refractivity contribution in [2.75, 3.05) is 0 Å². The molecule has 0 fully saturated rings. The summed E-state index contributed by atoms with van der Waals surface area (Å²) in [6.45, 7) is 2.70. The topological polar surface area (TPSA) is 38.9 Å². The molecule has 0 aliphatic carbocycles. The smallest absolute Gasteiger partial charge is 0.0273 e. The zero-order valence-electron chi connectivity index (χ0n) is 8.77. The molecule has 0 saturated heterocycles. The van der Waals surface area contributed by atoms with Crippen LogP contribution in [-0.2, 0) is 6.54 Å². The summed E-state index contributed by atoms with van der Waals surface area (Å²) < 4.78 is 0. The number of nitrogens with two attached hydrogens (primary N) is 1. The Morgan fingerprint density at radius 3 is 2.47 bits per heavy atom. The summed E-state index contributed by atoms with van der Waals surface area (Å²) in [5.74, 6) is 0. The van der Waals surface area contributed by atoms with Crippen molar-refractivity contribution < 1.29 is 0 Å². The van der Waals surface area contributed by atoms with Gasteiger partial charge >= 0.3 is 0 Å². The van der Waals surface area contributed by atoms with E-state index in [2.05, 4.69) is 30.1 Å². The number of nitrogens with zero attached hydrogens (tertiary/aromatic N) is 1. The van der Waals surface area contributed by atoms with Crippen molar-refractivity contribution in [3.63, 3.8) is 0 Å². The molecule has 0 saturated carbocycles. The van der Waals surface area contributed by atoms with Gasteiger partial charge in [0.15, 0.2) is 0 Å². The molecule has 0 atom stereocenters. The van der Waals surface area contributed by atoms with E-state index in [1.807, 2.05) is 24.5 Å². The van der Waals surface area contributed by atoms with Crippen molar-refractivity contribution in [3.05, 3.63) is 53.9 Å². The monoisotopic (exact) mass is 198 g/mol. The summed E-state index contributed by atoms with van der Waals surface area (Å²) in [6, 6.07) is 10.4. The van der Waals surface area contributed by atoms with Crippen LogP contribution in [0.4, 0.5) is 0 Å². The molecular weight excluding hydrogens is 184 g/mol. The first-order valence-electron chi connectivity index (χ1n) is 5.01. The SMILES string of the molecule is Cc1cc(CN)ccc1-c1ccncc1. The van der Waals surface area contributed by atoms with Crippen molar-refractivity contribution in [1.29, 1.82) is 0 Å². The van der Waals surface area contributed by atoms with Gasteiger partial charge in [0.25, 0.3) is 0 Å². The lowest BCUT2D eigenvalue weighted by molar-refractivity contribution is 1.07. The van der Waals surface area contributed by atoms with Crippen LogP contribution in [0.1, 0.15) is 11.1 Å². The maximum atomic E-state index is 5.60. The highest BCUT2D eigenvalue weighted by Gasteiger charge is 2.01. The highest BCUT2D eigenvalue weighted by molar-refractivity contribution is 5.66. The molecule has 2 nitrogen and oxygen atoms in total. The fourth-order valence-corrected chi connectivity index (χ4v) is 1.71. The Morgan fingerprint density at radius 2 is 1.87 bits per heavy atom. The third kappa shape index (κ3) is 2.05. The predicted octanol–water partition coefficient (Wildman–Crippen LogP) is 2.52. The summed E-state index contributed by atoms with van der Waals surface area (Å²) in [5, 5.41) is 0. The standard InChI is InChI=1S/C13H14N2/c1-10-8-11(9-14)2-3-13(10)12-4-6-15-7-5-12/h2-8H,9,14H2,1H3. The molecule has 0 spiro atoms. The van der Waals surface area contributed by atoms with Crippen LogP contribution < -0.4 is 5.73 Å². The molecule has 0 aliphatic rings. The molecule has 0 amide bonds. The Hall–Kier alpha value is -1.67. The molecular formula is C13H14N2. The maximum Gasteiger partial charge on any atom is 0.0273 e. The molecule has 1 heterocycles. The fraction of sp³-hybridized carbons (Fsp3) is 0.154. The fourth-order valence-electron chi connectivity index (χ4n) is 1.71. The maximum absolute atomic E-state index is 5.60. The second-order valence-electron chi connectivity index (χ2n) is 3.59. The Balaban J connectivity index is 2.46. The van der Waals surface area contributed by atoms with Gasteiger partial charge < -0.3 is 5.73 Å². The normalized spacial score (nSPS) is 10.3. The second kappa shape index (κ2) is 4.24. The van der Waals surface area contributed by atoms with Crippen molar-refractivity contribution in [2.24, 2.45) is 5.73 Å². The molecule has 2 heteroatoms. The lowest BCUT2D eigenvalue weighted by Crippen LogP contribution is -1.96. The van der Waals surface area contributed by atoms with Crippen LogP contribution in [0.25, 0.3) is 11.1 Å². The lowest BCUT2D eigenvalue weighted by atomic mass is 9.99. The Morgan fingerprint density at radius 1 is 1.13 bits per heavy atom. The van der Waals surface area contributed by atoms with E-state index in [4.69, 9.17) is 5.73 Å². The molecule has 76 valence electrons. The Kier molecular flexibility index (Phi) is 2.79. The van der Waals surface area contributed by atoms with E-state index in [0.717, 1.165) is 0 Å². The first-order chi connectivity index (χ1) is 7.31. The Bertz CT molecular complexity index is 449. The molecule has 2 rings (SSSR count). The number of rotatable bonds is 2. The number of pyridine rings is 1. The van der Waals surface area contributed by atoms with Crippen molar-refractivity contribution in [3.8, 4) is 11.1 Å². The molecule has 1 aromatic carbocycles. The van der Waals surface area contributed by atoms with Crippen LogP contribution in [0.3, 0.4) is 0 Å². The highest BCUT2D eigenvalue weighted by Crippen LogP contribution is 2.23. The van der Waals surface area contributed by atoms with Gasteiger partial charge in [-0.1, -0.05) is 18.2 Å². The van der Waals surface area contributed by atoms with Crippen LogP contribution >= 0.6 is 0 Å². The highest BCUT2D eigenvalue weighted by atomic mass is 14.6. The lowest BCUT2D eigenvalue weighted by Gasteiger charge is -2.07. The quantitative estimate of drug-likeness (QED) is 0.805. The third-order valence-corrected chi connectivity index (χ3v) is 2.52. The minimum absolute atomic E-state index is 0.595. The van der Waals surface area contributed by atoms with Gasteiger partial charge in [-0.3, -0.25) is 4.98 Å². The van der Waals surface area contributed by atoms with Crippen LogP contribution in [0.15, 0.2) is 42.7 Å². The van der Waals surface area contributed by atoms with E-state index in [9.17, 15) is 0 Å². The number of benzene rings is 1. The molecule has 0 unspecified atom stereocenters. The first kappa shape index (κ1) is 9.87. The summed E-state index contributed by atoms with van der Waals surface area (Å²) >= 11 is 0. The first-order valence-corrected chi connectivity index (χ1v) is 5.01. The van der Waals surface area contributed by atoms with Crippen molar-refractivity contribution in [1.82, 2.24) is 4.98 Å². The molecule has 1 aromatic heterocycles. The zero-order chi connectivity index (χ0) is 10.7. The average Bonchev–Trinajstić information content (AvgIpc) is 2.30. The molecule has 2 N–H and O–H groups in total. The summed E-state index contributed by atoms with van der Waals surface area (Å²) in [4.78, 5) is 4.01. The van der Waals surface area contributed by atoms with Crippen LogP contribution in [0.2, 0.25) is 0 Å². The van der Waals surface area contributed by atoms with Crippen molar-refractivity contribution >= 4 is 0 Å². The van der Waals surface area contributed by atoms with E-state index in [1.54, 1.807) is 0 Å². The van der Waals surface area contributed by atoms with Crippen LogP contribution in [-0.4, -0.2) is 4.98 Å². The average molecular weight is 198 g/mol. The van der Waals surface area contributed by atoms with E-state index in [-0.39, 0.29) is 0 Å². The van der Waals surface area contributed by atoms with Gasteiger partial charge in [-0.15, -0.1) is 0 Å². The molecule has 15 heavy (non-hydrogen) atoms. The van der Waals surface area contributed by atoms with E-state index in [1.165, 1.54) is 22.3 Å². The van der Waals surface area contributed by atoms with Crippen molar-refractivity contribution in [2.45, 2.75) is 13.5 Å². The molecule has 0 radical (unpaired) electrons. The summed E-state index contributed by atoms with van der Waals surface area (Å²) in [5.41, 5.74) is 10.5. The summed E-state index contributed by atoms with van der Waals surface area (Å²) in [6.07, 6.45) is 3.62. The van der Waals surface area contributed by atoms with Gasteiger partial charge in [-0.2, -0.15) is 0 Å². The molecule has 2 aromatic rings. The minimum Gasteiger partial charge on any atom is -0.326 e. The van der Waals surface area contributed by atoms with Crippen LogP contribution in [0.5, 0.6) is 0 Å². The predicted molar refractivity (Wildman–Crippen MR) is 62.3 cm³/mol. The van der Waals surface area contributed by atoms with E-state index in [0.29, 0.717) is 6.54 Å². The van der Waals surface area contributed by atoms with Gasteiger partial charge in [0.05, 0.1) is 0 Å². The van der Waals surface area contributed by atoms with E-state index < -0.39 is 0 Å². The number of aromatic nitrogens is 1.